The normalized spacial score (nSPS) is 38.2. The second-order valence-corrected chi connectivity index (χ2v) is 8.06. The van der Waals surface area contributed by atoms with Gasteiger partial charge >= 0.3 is 0 Å². The second kappa shape index (κ2) is 7.50. The summed E-state index contributed by atoms with van der Waals surface area (Å²) in [5.41, 5.74) is 2.77. The fourth-order valence-electron chi connectivity index (χ4n) is 5.29. The molecule has 0 amide bonds. The molecule has 0 aromatic rings. The average Bonchev–Trinajstić information content (AvgIpc) is 2.54. The lowest BCUT2D eigenvalue weighted by Crippen LogP contribution is -2.51. The van der Waals surface area contributed by atoms with Gasteiger partial charge in [-0.2, -0.15) is 0 Å². The summed E-state index contributed by atoms with van der Waals surface area (Å²) < 4.78 is 0. The summed E-state index contributed by atoms with van der Waals surface area (Å²) >= 11 is 0. The maximum absolute atomic E-state index is 9.97. The van der Waals surface area contributed by atoms with Gasteiger partial charge in [-0.05, 0) is 73.7 Å². The van der Waals surface area contributed by atoms with E-state index in [0.717, 1.165) is 31.3 Å². The van der Waals surface area contributed by atoms with Gasteiger partial charge in [0.15, 0.2) is 0 Å². The van der Waals surface area contributed by atoms with E-state index in [1.165, 1.54) is 18.4 Å². The highest BCUT2D eigenvalue weighted by molar-refractivity contribution is 5.21. The molecule has 3 heteroatoms. The molecular weight excluding hydrogens is 288 g/mol. The van der Waals surface area contributed by atoms with Crippen LogP contribution in [0, 0.1) is 22.7 Å². The highest BCUT2D eigenvalue weighted by Gasteiger charge is 2.53. The van der Waals surface area contributed by atoms with E-state index in [0.29, 0.717) is 11.8 Å². The minimum absolute atomic E-state index is 0.0149. The van der Waals surface area contributed by atoms with Gasteiger partial charge in [-0.3, -0.25) is 0 Å². The molecule has 23 heavy (non-hydrogen) atoms. The largest absolute Gasteiger partial charge is 0.396 e. The molecule has 0 aliphatic heterocycles. The maximum Gasteiger partial charge on any atom is 0.0642 e. The predicted molar refractivity (Wildman–Crippen MR) is 94.0 cm³/mol. The third-order valence-corrected chi connectivity index (χ3v) is 7.10. The second-order valence-electron chi connectivity index (χ2n) is 8.06. The lowest BCUT2D eigenvalue weighted by molar-refractivity contribution is -0.0714. The van der Waals surface area contributed by atoms with Crippen LogP contribution in [-0.4, -0.2) is 35.1 Å². The first-order valence-electron chi connectivity index (χ1n) is 9.10. The lowest BCUT2D eigenvalue weighted by atomic mass is 9.46. The Balaban J connectivity index is 2.26. The van der Waals surface area contributed by atoms with E-state index in [2.05, 4.69) is 26.8 Å². The molecule has 0 bridgehead atoms. The van der Waals surface area contributed by atoms with Crippen LogP contribution < -0.4 is 0 Å². The van der Waals surface area contributed by atoms with Gasteiger partial charge in [0.1, 0.15) is 0 Å². The monoisotopic (exact) mass is 322 g/mol. The van der Waals surface area contributed by atoms with E-state index in [1.54, 1.807) is 6.08 Å². The Bertz CT molecular complexity index is 468. The Morgan fingerprint density at radius 3 is 2.61 bits per heavy atom. The standard InChI is InChI=1S/C20H34O3/c1-15-5-4-6-18-19(15,2)11-8-17(14-23)20(18,3)10-7-16(13-22)9-12-21/h5,9,17-18,21-23H,4,6-8,10-14H2,1-3H3/b16-9-/t17-,18-,19-,20+/m0/s1. The molecule has 2 aliphatic carbocycles. The molecule has 0 radical (unpaired) electrons. The van der Waals surface area contributed by atoms with Gasteiger partial charge in [-0.25, -0.2) is 0 Å². The average molecular weight is 322 g/mol. The highest BCUT2D eigenvalue weighted by Crippen LogP contribution is 2.61. The molecule has 4 atom stereocenters. The Hall–Kier alpha value is -0.640. The Labute approximate surface area is 141 Å². The lowest BCUT2D eigenvalue weighted by Gasteiger charge is -2.58. The first kappa shape index (κ1) is 18.7. The molecule has 1 fully saturated rings. The summed E-state index contributed by atoms with van der Waals surface area (Å²) in [7, 11) is 0. The molecule has 2 rings (SSSR count). The van der Waals surface area contributed by atoms with E-state index in [4.69, 9.17) is 5.11 Å². The van der Waals surface area contributed by atoms with Crippen LogP contribution in [0.1, 0.15) is 59.3 Å². The van der Waals surface area contributed by atoms with Crippen molar-refractivity contribution in [3.8, 4) is 0 Å². The zero-order chi connectivity index (χ0) is 17.1. The van der Waals surface area contributed by atoms with E-state index in [1.807, 2.05) is 0 Å². The SMILES string of the molecule is CC1=CCC[C@@H]2[C@](C)(CC/C(=C/CO)CO)[C@H](CO)CC[C@@]12C. The summed E-state index contributed by atoms with van der Waals surface area (Å²) in [5, 5.41) is 28.6. The molecular formula is C20H34O3. The number of aliphatic hydroxyl groups is 3. The van der Waals surface area contributed by atoms with Gasteiger partial charge in [-0.1, -0.05) is 31.6 Å². The van der Waals surface area contributed by atoms with Crippen molar-refractivity contribution >= 4 is 0 Å². The van der Waals surface area contributed by atoms with Crippen molar-refractivity contribution in [3.05, 3.63) is 23.3 Å². The summed E-state index contributed by atoms with van der Waals surface area (Å²) in [6, 6.07) is 0. The number of rotatable bonds is 6. The molecule has 0 saturated heterocycles. The van der Waals surface area contributed by atoms with Crippen molar-refractivity contribution in [3.63, 3.8) is 0 Å². The number of allylic oxidation sites excluding steroid dienone is 2. The fourth-order valence-corrected chi connectivity index (χ4v) is 5.29. The Kier molecular flexibility index (Phi) is 6.10. The van der Waals surface area contributed by atoms with Gasteiger partial charge in [0.2, 0.25) is 0 Å². The van der Waals surface area contributed by atoms with Crippen LogP contribution in [0.3, 0.4) is 0 Å². The van der Waals surface area contributed by atoms with Crippen molar-refractivity contribution in [2.45, 2.75) is 59.3 Å². The van der Waals surface area contributed by atoms with Crippen molar-refractivity contribution in [2.75, 3.05) is 19.8 Å². The van der Waals surface area contributed by atoms with Crippen LogP contribution in [-0.2, 0) is 0 Å². The molecule has 0 aromatic carbocycles. The topological polar surface area (TPSA) is 60.7 Å². The molecule has 2 aliphatic rings. The van der Waals surface area contributed by atoms with E-state index in [9.17, 15) is 10.2 Å². The smallest absolute Gasteiger partial charge is 0.0642 e. The Morgan fingerprint density at radius 1 is 1.26 bits per heavy atom. The van der Waals surface area contributed by atoms with Gasteiger partial charge in [0.05, 0.1) is 13.2 Å². The molecule has 0 aromatic heterocycles. The van der Waals surface area contributed by atoms with Gasteiger partial charge < -0.3 is 15.3 Å². The van der Waals surface area contributed by atoms with Crippen LogP contribution in [0.2, 0.25) is 0 Å². The molecule has 3 N–H and O–H groups in total. The van der Waals surface area contributed by atoms with E-state index >= 15 is 0 Å². The summed E-state index contributed by atoms with van der Waals surface area (Å²) in [4.78, 5) is 0. The van der Waals surface area contributed by atoms with Gasteiger partial charge in [0.25, 0.3) is 0 Å². The minimum atomic E-state index is -0.0149. The fraction of sp³-hybridized carbons (Fsp3) is 0.800. The first-order chi connectivity index (χ1) is 10.9. The van der Waals surface area contributed by atoms with Crippen molar-refractivity contribution < 1.29 is 15.3 Å². The van der Waals surface area contributed by atoms with Crippen molar-refractivity contribution in [1.82, 2.24) is 0 Å². The number of hydrogen-bond acceptors (Lipinski definition) is 3. The van der Waals surface area contributed by atoms with Crippen LogP contribution in [0.15, 0.2) is 23.3 Å². The summed E-state index contributed by atoms with van der Waals surface area (Å²) in [6.45, 7) is 7.29. The van der Waals surface area contributed by atoms with Crippen LogP contribution in [0.25, 0.3) is 0 Å². The van der Waals surface area contributed by atoms with Crippen LogP contribution in [0.5, 0.6) is 0 Å². The van der Waals surface area contributed by atoms with Crippen molar-refractivity contribution in [1.29, 1.82) is 0 Å². The molecule has 0 spiro atoms. The number of hydrogen-bond donors (Lipinski definition) is 3. The third kappa shape index (κ3) is 3.42. The van der Waals surface area contributed by atoms with Gasteiger partial charge in [-0.15, -0.1) is 0 Å². The van der Waals surface area contributed by atoms with E-state index < -0.39 is 0 Å². The highest BCUT2D eigenvalue weighted by atomic mass is 16.3. The molecule has 3 nitrogen and oxygen atoms in total. The zero-order valence-electron chi connectivity index (χ0n) is 15.0. The molecule has 0 heterocycles. The minimum Gasteiger partial charge on any atom is -0.396 e. The summed E-state index contributed by atoms with van der Waals surface area (Å²) in [5.74, 6) is 0.917. The zero-order valence-corrected chi connectivity index (χ0v) is 15.0. The van der Waals surface area contributed by atoms with E-state index in [-0.39, 0.29) is 30.7 Å². The van der Waals surface area contributed by atoms with Crippen LogP contribution in [0.4, 0.5) is 0 Å². The number of aliphatic hydroxyl groups excluding tert-OH is 3. The Morgan fingerprint density at radius 2 is 2.00 bits per heavy atom. The molecule has 1 saturated carbocycles. The quantitative estimate of drug-likeness (QED) is 0.656. The number of fused-ring (bicyclic) bond motifs is 1. The third-order valence-electron chi connectivity index (χ3n) is 7.10. The predicted octanol–water partition coefficient (Wildman–Crippen LogP) is 3.45. The van der Waals surface area contributed by atoms with Gasteiger partial charge in [0, 0.05) is 6.61 Å². The summed E-state index contributed by atoms with van der Waals surface area (Å²) in [6.07, 6.45) is 10.5. The molecule has 0 unspecified atom stereocenters. The van der Waals surface area contributed by atoms with Crippen molar-refractivity contribution in [2.24, 2.45) is 22.7 Å². The van der Waals surface area contributed by atoms with Crippen LogP contribution >= 0.6 is 0 Å². The molecule has 132 valence electrons. The maximum atomic E-state index is 9.97. The first-order valence-corrected chi connectivity index (χ1v) is 9.10.